The number of nitrogens with two attached hydrogens (primary N) is 1. The van der Waals surface area contributed by atoms with Gasteiger partial charge in [0.15, 0.2) is 0 Å². The van der Waals surface area contributed by atoms with Gasteiger partial charge in [0.2, 0.25) is 0 Å². The number of amides is 1. The van der Waals surface area contributed by atoms with Gasteiger partial charge in [0.1, 0.15) is 11.4 Å². The SMILES string of the molecule is CCOc1cc(C2=CCN(C(=O)OC(C)(C)C)CC2)ccc1N. The van der Waals surface area contributed by atoms with Crippen molar-refractivity contribution in [3.8, 4) is 5.75 Å². The maximum Gasteiger partial charge on any atom is 0.410 e. The van der Waals surface area contributed by atoms with Gasteiger partial charge in [-0.15, -0.1) is 0 Å². The zero-order valence-corrected chi connectivity index (χ0v) is 14.4. The van der Waals surface area contributed by atoms with Crippen LogP contribution in [0, 0.1) is 0 Å². The van der Waals surface area contributed by atoms with Crippen molar-refractivity contribution < 1.29 is 14.3 Å². The maximum absolute atomic E-state index is 12.1. The van der Waals surface area contributed by atoms with Crippen LogP contribution in [0.5, 0.6) is 5.75 Å². The van der Waals surface area contributed by atoms with E-state index in [1.165, 1.54) is 5.57 Å². The molecule has 0 saturated carbocycles. The molecule has 23 heavy (non-hydrogen) atoms. The van der Waals surface area contributed by atoms with Crippen molar-refractivity contribution in [3.05, 3.63) is 29.8 Å². The molecule has 2 rings (SSSR count). The molecule has 0 saturated heterocycles. The van der Waals surface area contributed by atoms with Gasteiger partial charge in [-0.05, 0) is 57.4 Å². The molecule has 1 aromatic rings. The molecule has 0 aromatic heterocycles. The summed E-state index contributed by atoms with van der Waals surface area (Å²) in [7, 11) is 0. The molecule has 1 heterocycles. The molecule has 0 atom stereocenters. The monoisotopic (exact) mass is 318 g/mol. The van der Waals surface area contributed by atoms with E-state index in [9.17, 15) is 4.79 Å². The summed E-state index contributed by atoms with van der Waals surface area (Å²) in [6, 6.07) is 5.82. The number of rotatable bonds is 3. The lowest BCUT2D eigenvalue weighted by atomic mass is 9.99. The summed E-state index contributed by atoms with van der Waals surface area (Å²) in [5.41, 5.74) is 8.37. The molecule has 0 radical (unpaired) electrons. The number of hydrogen-bond acceptors (Lipinski definition) is 4. The fourth-order valence-corrected chi connectivity index (χ4v) is 2.44. The van der Waals surface area contributed by atoms with Crippen molar-refractivity contribution in [2.24, 2.45) is 0 Å². The van der Waals surface area contributed by atoms with Crippen LogP contribution in [-0.2, 0) is 4.74 Å². The fraction of sp³-hybridized carbons (Fsp3) is 0.500. The van der Waals surface area contributed by atoms with Crippen LogP contribution < -0.4 is 10.5 Å². The Balaban J connectivity index is 2.07. The average molecular weight is 318 g/mol. The van der Waals surface area contributed by atoms with Crippen LogP contribution in [0.15, 0.2) is 24.3 Å². The van der Waals surface area contributed by atoms with Crippen LogP contribution in [0.25, 0.3) is 5.57 Å². The summed E-state index contributed by atoms with van der Waals surface area (Å²) in [5.74, 6) is 0.709. The van der Waals surface area contributed by atoms with E-state index in [0.717, 1.165) is 12.0 Å². The van der Waals surface area contributed by atoms with Crippen molar-refractivity contribution in [3.63, 3.8) is 0 Å². The Morgan fingerprint density at radius 1 is 1.35 bits per heavy atom. The first kappa shape index (κ1) is 17.2. The Labute approximate surface area is 138 Å². The van der Waals surface area contributed by atoms with Crippen LogP contribution in [0.3, 0.4) is 0 Å². The van der Waals surface area contributed by atoms with Gasteiger partial charge in [-0.1, -0.05) is 12.1 Å². The molecule has 0 aliphatic carbocycles. The van der Waals surface area contributed by atoms with Crippen LogP contribution in [0.4, 0.5) is 10.5 Å². The lowest BCUT2D eigenvalue weighted by Gasteiger charge is -2.29. The molecule has 1 amide bonds. The fourth-order valence-electron chi connectivity index (χ4n) is 2.44. The van der Waals surface area contributed by atoms with E-state index in [0.29, 0.717) is 31.1 Å². The molecule has 5 heteroatoms. The normalized spacial score (nSPS) is 15.1. The van der Waals surface area contributed by atoms with E-state index in [2.05, 4.69) is 6.08 Å². The Morgan fingerprint density at radius 3 is 2.65 bits per heavy atom. The van der Waals surface area contributed by atoms with Crippen molar-refractivity contribution in [2.75, 3.05) is 25.4 Å². The van der Waals surface area contributed by atoms with Crippen molar-refractivity contribution in [2.45, 2.75) is 39.7 Å². The van der Waals surface area contributed by atoms with E-state index >= 15 is 0 Å². The van der Waals surface area contributed by atoms with Crippen LogP contribution in [-0.4, -0.2) is 36.3 Å². The molecule has 2 N–H and O–H groups in total. The van der Waals surface area contributed by atoms with Gasteiger partial charge in [-0.25, -0.2) is 4.79 Å². The second-order valence-electron chi connectivity index (χ2n) is 6.59. The Kier molecular flexibility index (Phi) is 5.19. The minimum absolute atomic E-state index is 0.264. The third-order valence-electron chi connectivity index (χ3n) is 3.55. The van der Waals surface area contributed by atoms with Gasteiger partial charge in [0.25, 0.3) is 0 Å². The standard InChI is InChI=1S/C18H26N2O3/c1-5-22-16-12-14(6-7-15(16)19)13-8-10-20(11-9-13)17(21)23-18(2,3)4/h6-8,12H,5,9-11,19H2,1-4H3. The molecular formula is C18H26N2O3. The Morgan fingerprint density at radius 2 is 2.09 bits per heavy atom. The van der Waals surface area contributed by atoms with E-state index in [1.54, 1.807) is 4.90 Å². The minimum atomic E-state index is -0.468. The minimum Gasteiger partial charge on any atom is -0.492 e. The lowest BCUT2D eigenvalue weighted by Crippen LogP contribution is -2.39. The zero-order chi connectivity index (χ0) is 17.0. The van der Waals surface area contributed by atoms with Gasteiger partial charge < -0.3 is 20.1 Å². The molecule has 126 valence electrons. The summed E-state index contributed by atoms with van der Waals surface area (Å²) in [4.78, 5) is 13.8. The van der Waals surface area contributed by atoms with Crippen molar-refractivity contribution >= 4 is 17.4 Å². The predicted octanol–water partition coefficient (Wildman–Crippen LogP) is 3.69. The molecule has 0 fully saturated rings. The highest BCUT2D eigenvalue weighted by Crippen LogP contribution is 2.29. The van der Waals surface area contributed by atoms with Gasteiger partial charge >= 0.3 is 6.09 Å². The number of benzene rings is 1. The van der Waals surface area contributed by atoms with Crippen molar-refractivity contribution in [1.82, 2.24) is 4.90 Å². The summed E-state index contributed by atoms with van der Waals surface area (Å²) in [6.45, 7) is 9.34. The number of carbonyl (C=O) groups is 1. The number of ether oxygens (including phenoxy) is 2. The quantitative estimate of drug-likeness (QED) is 0.863. The first-order valence-corrected chi connectivity index (χ1v) is 8.00. The van der Waals surface area contributed by atoms with Crippen LogP contribution >= 0.6 is 0 Å². The van der Waals surface area contributed by atoms with E-state index < -0.39 is 5.60 Å². The summed E-state index contributed by atoms with van der Waals surface area (Å²) < 4.78 is 11.0. The van der Waals surface area contributed by atoms with Crippen LogP contribution in [0.2, 0.25) is 0 Å². The molecule has 0 bridgehead atoms. The van der Waals surface area contributed by atoms with Crippen molar-refractivity contribution in [1.29, 1.82) is 0 Å². The third-order valence-corrected chi connectivity index (χ3v) is 3.55. The molecular weight excluding hydrogens is 292 g/mol. The summed E-state index contributed by atoms with van der Waals surface area (Å²) in [5, 5.41) is 0. The van der Waals surface area contributed by atoms with Crippen LogP contribution in [0.1, 0.15) is 39.7 Å². The molecule has 5 nitrogen and oxygen atoms in total. The molecule has 1 aliphatic rings. The van der Waals surface area contributed by atoms with Gasteiger partial charge in [0, 0.05) is 13.1 Å². The third kappa shape index (κ3) is 4.65. The first-order chi connectivity index (χ1) is 10.8. The average Bonchev–Trinajstić information content (AvgIpc) is 2.48. The number of nitrogens with zero attached hydrogens (tertiary/aromatic N) is 1. The first-order valence-electron chi connectivity index (χ1n) is 8.00. The smallest absolute Gasteiger partial charge is 0.410 e. The number of carbonyl (C=O) groups excluding carboxylic acids is 1. The zero-order valence-electron chi connectivity index (χ0n) is 14.4. The van der Waals surface area contributed by atoms with E-state index in [4.69, 9.17) is 15.2 Å². The molecule has 0 unspecified atom stereocenters. The van der Waals surface area contributed by atoms with Gasteiger partial charge in [0.05, 0.1) is 12.3 Å². The molecule has 1 aliphatic heterocycles. The van der Waals surface area contributed by atoms with Gasteiger partial charge in [-0.2, -0.15) is 0 Å². The highest BCUT2D eigenvalue weighted by Gasteiger charge is 2.24. The molecule has 1 aromatic carbocycles. The largest absolute Gasteiger partial charge is 0.492 e. The maximum atomic E-state index is 12.1. The number of anilines is 1. The highest BCUT2D eigenvalue weighted by molar-refractivity contribution is 5.74. The second-order valence-corrected chi connectivity index (χ2v) is 6.59. The topological polar surface area (TPSA) is 64.8 Å². The second kappa shape index (κ2) is 6.94. The van der Waals surface area contributed by atoms with E-state index in [-0.39, 0.29) is 6.09 Å². The Hall–Kier alpha value is -2.17. The summed E-state index contributed by atoms with van der Waals surface area (Å²) >= 11 is 0. The van der Waals surface area contributed by atoms with Gasteiger partial charge in [-0.3, -0.25) is 0 Å². The van der Waals surface area contributed by atoms with E-state index in [1.807, 2.05) is 45.9 Å². The number of nitrogen functional groups attached to an aromatic ring is 1. The lowest BCUT2D eigenvalue weighted by molar-refractivity contribution is 0.0270. The molecule has 0 spiro atoms. The predicted molar refractivity (Wildman–Crippen MR) is 92.4 cm³/mol. The number of hydrogen-bond donors (Lipinski definition) is 1. The highest BCUT2D eigenvalue weighted by atomic mass is 16.6. The summed E-state index contributed by atoms with van der Waals surface area (Å²) in [6.07, 6.45) is 2.59. The Bertz CT molecular complexity index is 603.